The van der Waals surface area contributed by atoms with Crippen LogP contribution in [0.4, 0.5) is 5.69 Å². The number of carbonyl (C=O) groups excluding carboxylic acids is 1. The maximum absolute atomic E-state index is 13.0. The summed E-state index contributed by atoms with van der Waals surface area (Å²) < 4.78 is 5.20. The van der Waals surface area contributed by atoms with Gasteiger partial charge in [-0.1, -0.05) is 75.5 Å². The average Bonchev–Trinajstić information content (AvgIpc) is 2.77. The number of fused-ring (bicyclic) bond motifs is 1. The van der Waals surface area contributed by atoms with Gasteiger partial charge in [0.1, 0.15) is 5.60 Å². The summed E-state index contributed by atoms with van der Waals surface area (Å²) >= 11 is 6.48. The molecule has 0 unspecified atom stereocenters. The monoisotopic (exact) mass is 460 g/mol. The van der Waals surface area contributed by atoms with E-state index in [1.807, 2.05) is 29.3 Å². The predicted octanol–water partition coefficient (Wildman–Crippen LogP) is 4.99. The van der Waals surface area contributed by atoms with Crippen molar-refractivity contribution in [2.75, 3.05) is 31.2 Å². The first kappa shape index (κ1) is 23.6. The lowest BCUT2D eigenvalue weighted by atomic mass is 9.90. The van der Waals surface area contributed by atoms with Crippen molar-refractivity contribution in [1.29, 1.82) is 0 Å². The molecule has 4 rings (SSSR count). The Morgan fingerprint density at radius 2 is 1.81 bits per heavy atom. The number of halogens is 1. The Kier molecular flexibility index (Phi) is 8.14. The number of benzene rings is 1. The molecule has 1 aromatic rings. The van der Waals surface area contributed by atoms with Crippen molar-refractivity contribution in [2.24, 2.45) is 5.92 Å². The summed E-state index contributed by atoms with van der Waals surface area (Å²) in [6, 6.07) is 5.77. The van der Waals surface area contributed by atoms with Gasteiger partial charge in [0.15, 0.2) is 0 Å². The first-order chi connectivity index (χ1) is 15.5. The van der Waals surface area contributed by atoms with Gasteiger partial charge in [-0.15, -0.1) is 0 Å². The van der Waals surface area contributed by atoms with Crippen molar-refractivity contribution >= 4 is 23.2 Å². The molecule has 2 fully saturated rings. The van der Waals surface area contributed by atoms with Crippen molar-refractivity contribution in [3.05, 3.63) is 40.6 Å². The number of ether oxygens (including phenoxy) is 1. The minimum Gasteiger partial charge on any atom is -0.383 e. The molecule has 1 aliphatic carbocycles. The molecule has 0 radical (unpaired) electrons. The molecule has 1 aromatic carbocycles. The molecule has 0 atom stereocenters. The Morgan fingerprint density at radius 3 is 2.47 bits per heavy atom. The van der Waals surface area contributed by atoms with Gasteiger partial charge in [-0.25, -0.2) is 0 Å². The molecule has 1 amide bonds. The second kappa shape index (κ2) is 11.0. The smallest absolute Gasteiger partial charge is 0.249 e. The molecule has 3 aliphatic rings. The summed E-state index contributed by atoms with van der Waals surface area (Å²) in [5.74, 6) is 0.686. The first-order valence-corrected chi connectivity index (χ1v) is 12.7. The number of nitrogens with one attached hydrogen (secondary N) is 1. The van der Waals surface area contributed by atoms with Crippen LogP contribution in [0.15, 0.2) is 30.0 Å². The Hall–Kier alpha value is -1.56. The van der Waals surface area contributed by atoms with Crippen LogP contribution in [0.2, 0.25) is 5.02 Å². The SMILES string of the molecule is O=C(NCCC1CCCCCCCCC1)C1=CN(CC2(O)COC2)c2cccc(Cl)c2C1. The standard InChI is InChI=1S/C26H37ClN2O3/c27-23-11-8-12-24-22(23)15-21(16-29(24)17-26(31)18-32-19-26)25(30)28-14-13-20-9-6-4-2-1-3-5-7-10-20/h8,11-12,16,20,31H,1-7,9-10,13-15,17-19H2,(H,28,30). The second-order valence-corrected chi connectivity index (χ2v) is 10.3. The van der Waals surface area contributed by atoms with Gasteiger partial charge in [0.25, 0.3) is 0 Å². The predicted molar refractivity (Wildman–Crippen MR) is 129 cm³/mol. The highest BCUT2D eigenvalue weighted by atomic mass is 35.5. The molecule has 1 saturated carbocycles. The second-order valence-electron chi connectivity index (χ2n) is 9.88. The normalized spacial score (nSPS) is 21.8. The molecule has 0 bridgehead atoms. The third kappa shape index (κ3) is 6.06. The zero-order chi connectivity index (χ0) is 22.4. The maximum atomic E-state index is 13.0. The Bertz CT molecular complexity index is 811. The third-order valence-corrected chi connectivity index (χ3v) is 7.50. The van der Waals surface area contributed by atoms with Gasteiger partial charge in [-0.3, -0.25) is 4.79 Å². The molecule has 5 nitrogen and oxygen atoms in total. The van der Waals surface area contributed by atoms with Crippen molar-refractivity contribution in [3.63, 3.8) is 0 Å². The van der Waals surface area contributed by atoms with E-state index in [-0.39, 0.29) is 5.91 Å². The summed E-state index contributed by atoms with van der Waals surface area (Å²) in [7, 11) is 0. The molecular weight excluding hydrogens is 424 g/mol. The van der Waals surface area contributed by atoms with Crippen LogP contribution in [0.25, 0.3) is 0 Å². The first-order valence-electron chi connectivity index (χ1n) is 12.4. The molecule has 2 heterocycles. The van der Waals surface area contributed by atoms with E-state index in [0.717, 1.165) is 17.7 Å². The van der Waals surface area contributed by atoms with Crippen LogP contribution < -0.4 is 10.2 Å². The van der Waals surface area contributed by atoms with E-state index in [0.29, 0.717) is 49.2 Å². The number of amides is 1. The Labute approximate surface area is 197 Å². The number of rotatable bonds is 6. The third-order valence-electron chi connectivity index (χ3n) is 7.14. The molecule has 2 aliphatic heterocycles. The van der Waals surface area contributed by atoms with E-state index in [1.54, 1.807) is 0 Å². The van der Waals surface area contributed by atoms with Crippen LogP contribution in [-0.4, -0.2) is 42.9 Å². The molecule has 0 spiro atoms. The van der Waals surface area contributed by atoms with Crippen molar-refractivity contribution in [1.82, 2.24) is 5.32 Å². The molecule has 176 valence electrons. The summed E-state index contributed by atoms with van der Waals surface area (Å²) in [4.78, 5) is 15.0. The van der Waals surface area contributed by atoms with Gasteiger partial charge in [0.05, 0.1) is 19.8 Å². The molecular formula is C26H37ClN2O3. The molecule has 1 saturated heterocycles. The number of nitrogens with zero attached hydrogens (tertiary/aromatic N) is 1. The van der Waals surface area contributed by atoms with Gasteiger partial charge in [-0.2, -0.15) is 0 Å². The highest BCUT2D eigenvalue weighted by Gasteiger charge is 2.39. The molecule has 0 aromatic heterocycles. The highest BCUT2D eigenvalue weighted by molar-refractivity contribution is 6.32. The number of aliphatic hydroxyl groups is 1. The van der Waals surface area contributed by atoms with Gasteiger partial charge in [-0.05, 0) is 30.0 Å². The summed E-state index contributed by atoms with van der Waals surface area (Å²) in [6.45, 7) is 1.74. The summed E-state index contributed by atoms with van der Waals surface area (Å²) in [6.07, 6.45) is 15.5. The molecule has 32 heavy (non-hydrogen) atoms. The Morgan fingerprint density at radius 1 is 1.12 bits per heavy atom. The quantitative estimate of drug-likeness (QED) is 0.627. The van der Waals surface area contributed by atoms with Crippen LogP contribution in [0.1, 0.15) is 69.8 Å². The van der Waals surface area contributed by atoms with Crippen molar-refractivity contribution in [3.8, 4) is 0 Å². The zero-order valence-electron chi connectivity index (χ0n) is 19.1. The maximum Gasteiger partial charge on any atom is 0.249 e. The van der Waals surface area contributed by atoms with E-state index >= 15 is 0 Å². The fourth-order valence-electron chi connectivity index (χ4n) is 5.19. The van der Waals surface area contributed by atoms with Crippen LogP contribution in [0.5, 0.6) is 0 Å². The van der Waals surface area contributed by atoms with E-state index in [4.69, 9.17) is 16.3 Å². The minimum atomic E-state index is -0.884. The number of hydrogen-bond acceptors (Lipinski definition) is 4. The summed E-state index contributed by atoms with van der Waals surface area (Å²) in [5, 5.41) is 14.4. The lowest BCUT2D eigenvalue weighted by Crippen LogP contribution is -2.56. The molecule has 6 heteroatoms. The van der Waals surface area contributed by atoms with E-state index in [1.165, 1.54) is 57.8 Å². The minimum absolute atomic E-state index is 0.0303. The fraction of sp³-hybridized carbons (Fsp3) is 0.654. The average molecular weight is 461 g/mol. The van der Waals surface area contributed by atoms with Gasteiger partial charge >= 0.3 is 0 Å². The van der Waals surface area contributed by atoms with Gasteiger partial charge in [0.2, 0.25) is 5.91 Å². The number of hydrogen-bond donors (Lipinski definition) is 2. The number of β-amino-alcohol motifs (C(OH)–C–C–N with tert-alkyl or cyclic N) is 1. The van der Waals surface area contributed by atoms with E-state index in [9.17, 15) is 9.90 Å². The van der Waals surface area contributed by atoms with Crippen LogP contribution in [-0.2, 0) is 16.0 Å². The molecule has 2 N–H and O–H groups in total. The number of anilines is 1. The van der Waals surface area contributed by atoms with Crippen LogP contribution >= 0.6 is 11.6 Å². The zero-order valence-corrected chi connectivity index (χ0v) is 19.8. The Balaban J connectivity index is 1.36. The fourth-order valence-corrected chi connectivity index (χ4v) is 5.42. The lowest BCUT2D eigenvalue weighted by Gasteiger charge is -2.41. The topological polar surface area (TPSA) is 61.8 Å². The van der Waals surface area contributed by atoms with Crippen LogP contribution in [0.3, 0.4) is 0 Å². The van der Waals surface area contributed by atoms with Gasteiger partial charge < -0.3 is 20.1 Å². The summed E-state index contributed by atoms with van der Waals surface area (Å²) in [5.41, 5.74) is 1.71. The van der Waals surface area contributed by atoms with Crippen molar-refractivity contribution < 1.29 is 14.6 Å². The largest absolute Gasteiger partial charge is 0.383 e. The van der Waals surface area contributed by atoms with E-state index in [2.05, 4.69) is 5.32 Å². The van der Waals surface area contributed by atoms with Crippen LogP contribution in [0, 0.1) is 5.92 Å². The number of carbonyl (C=O) groups is 1. The highest BCUT2D eigenvalue weighted by Crippen LogP contribution is 2.35. The van der Waals surface area contributed by atoms with Crippen molar-refractivity contribution in [2.45, 2.75) is 76.2 Å². The van der Waals surface area contributed by atoms with E-state index < -0.39 is 5.60 Å². The lowest BCUT2D eigenvalue weighted by molar-refractivity contribution is -0.171. The van der Waals surface area contributed by atoms with Gasteiger partial charge in [0, 0.05) is 35.4 Å².